The number of halogens is 4. The van der Waals surface area contributed by atoms with Crippen molar-refractivity contribution in [3.05, 3.63) is 15.8 Å². The van der Waals surface area contributed by atoms with E-state index in [4.69, 9.17) is 0 Å². The number of hydrogen-bond acceptors (Lipinski definition) is 6. The first-order valence-electron chi connectivity index (χ1n) is 5.85. The maximum Gasteiger partial charge on any atom is 0.332 e. The number of hydrogen-bond donors (Lipinski definition) is 2. The third-order valence-electron chi connectivity index (χ3n) is 2.39. The number of nitro groups is 1. The predicted octanol–water partition coefficient (Wildman–Crippen LogP) is 2.44. The van der Waals surface area contributed by atoms with E-state index in [0.29, 0.717) is 6.54 Å². The largest absolute Gasteiger partial charge is 0.358 e. The van der Waals surface area contributed by atoms with Gasteiger partial charge in [-0.25, -0.2) is 13.8 Å². The van der Waals surface area contributed by atoms with Gasteiger partial charge >= 0.3 is 18.0 Å². The lowest BCUT2D eigenvalue weighted by Crippen LogP contribution is -2.35. The van der Waals surface area contributed by atoms with Crippen molar-refractivity contribution in [2.45, 2.75) is 26.2 Å². The Labute approximate surface area is 116 Å². The quantitative estimate of drug-likeness (QED) is 0.456. The van der Waals surface area contributed by atoms with Crippen LogP contribution in [0.3, 0.4) is 0 Å². The first kappa shape index (κ1) is 16.9. The molecule has 1 aromatic rings. The van der Waals surface area contributed by atoms with Crippen LogP contribution in [-0.4, -0.2) is 40.3 Å². The first-order chi connectivity index (χ1) is 9.69. The predicted molar refractivity (Wildman–Crippen MR) is 67.0 cm³/mol. The number of alkyl halides is 4. The summed E-state index contributed by atoms with van der Waals surface area (Å²) in [4.78, 5) is 17.5. The van der Waals surface area contributed by atoms with Gasteiger partial charge in [0, 0.05) is 6.54 Å². The molecule has 118 valence electrons. The maximum atomic E-state index is 12.9. The van der Waals surface area contributed by atoms with E-state index in [0.717, 1.165) is 0 Å². The van der Waals surface area contributed by atoms with E-state index < -0.39 is 35.3 Å². The summed E-state index contributed by atoms with van der Waals surface area (Å²) >= 11 is 0. The molecule has 1 heterocycles. The smallest absolute Gasteiger partial charge is 0.332 e. The summed E-state index contributed by atoms with van der Waals surface area (Å²) in [6.07, 6.45) is -3.89. The molecule has 0 bridgehead atoms. The number of aromatic nitrogens is 2. The Morgan fingerprint density at radius 3 is 2.43 bits per heavy atom. The molecule has 0 saturated heterocycles. The molecule has 7 nitrogen and oxygen atoms in total. The molecule has 1 aromatic heterocycles. The van der Waals surface area contributed by atoms with Crippen molar-refractivity contribution in [2.24, 2.45) is 0 Å². The topological polar surface area (TPSA) is 93.0 Å². The van der Waals surface area contributed by atoms with Crippen LogP contribution in [-0.2, 0) is 0 Å². The number of nitrogens with one attached hydrogen (secondary N) is 2. The minimum absolute atomic E-state index is 0.0246. The third kappa shape index (κ3) is 4.13. The van der Waals surface area contributed by atoms with E-state index in [1.54, 1.807) is 6.92 Å². The fourth-order valence-electron chi connectivity index (χ4n) is 1.42. The van der Waals surface area contributed by atoms with Crippen molar-refractivity contribution >= 4 is 17.5 Å². The molecule has 0 radical (unpaired) electrons. The zero-order valence-electron chi connectivity index (χ0n) is 11.2. The molecular weight excluding hydrogens is 298 g/mol. The van der Waals surface area contributed by atoms with Crippen LogP contribution in [0.5, 0.6) is 0 Å². The van der Waals surface area contributed by atoms with Gasteiger partial charge in [0.1, 0.15) is 5.69 Å². The first-order valence-corrected chi connectivity index (χ1v) is 5.85. The normalized spacial score (nSPS) is 11.6. The van der Waals surface area contributed by atoms with Crippen molar-refractivity contribution in [3.63, 3.8) is 0 Å². The van der Waals surface area contributed by atoms with Crippen LogP contribution in [0.15, 0.2) is 0 Å². The Morgan fingerprint density at radius 1 is 1.33 bits per heavy atom. The van der Waals surface area contributed by atoms with Crippen LogP contribution in [0.2, 0.25) is 0 Å². The monoisotopic (exact) mass is 311 g/mol. The van der Waals surface area contributed by atoms with Crippen molar-refractivity contribution in [3.8, 4) is 0 Å². The highest BCUT2D eigenvalue weighted by Crippen LogP contribution is 2.29. The fraction of sp³-hybridized carbons (Fsp3) is 0.600. The van der Waals surface area contributed by atoms with E-state index in [1.807, 2.05) is 5.32 Å². The van der Waals surface area contributed by atoms with Gasteiger partial charge in [-0.1, -0.05) is 0 Å². The Bertz CT molecular complexity index is 526. The fourth-order valence-corrected chi connectivity index (χ4v) is 1.42. The summed E-state index contributed by atoms with van der Waals surface area (Å²) in [5, 5.41) is 15.4. The van der Waals surface area contributed by atoms with Crippen molar-refractivity contribution in [1.29, 1.82) is 0 Å². The van der Waals surface area contributed by atoms with Crippen LogP contribution in [0.1, 0.15) is 12.6 Å². The molecule has 0 spiro atoms. The molecule has 0 aliphatic rings. The zero-order valence-corrected chi connectivity index (χ0v) is 11.2. The van der Waals surface area contributed by atoms with E-state index in [-0.39, 0.29) is 11.6 Å². The van der Waals surface area contributed by atoms with Gasteiger partial charge in [0.2, 0.25) is 11.8 Å². The molecular formula is C10H13F4N5O2. The van der Waals surface area contributed by atoms with Gasteiger partial charge in [0.15, 0.2) is 0 Å². The molecule has 1 rings (SSSR count). The molecule has 21 heavy (non-hydrogen) atoms. The van der Waals surface area contributed by atoms with Crippen molar-refractivity contribution < 1.29 is 22.5 Å². The van der Waals surface area contributed by atoms with Crippen molar-refractivity contribution in [2.75, 3.05) is 23.7 Å². The summed E-state index contributed by atoms with van der Waals surface area (Å²) < 4.78 is 49.9. The van der Waals surface area contributed by atoms with Gasteiger partial charge in [0.25, 0.3) is 0 Å². The molecule has 11 heteroatoms. The maximum absolute atomic E-state index is 12.9. The number of nitrogens with zero attached hydrogens (tertiary/aromatic N) is 3. The molecule has 0 aliphatic heterocycles. The minimum Gasteiger partial charge on any atom is -0.358 e. The van der Waals surface area contributed by atoms with Crippen LogP contribution < -0.4 is 10.6 Å². The molecule has 0 atom stereocenters. The van der Waals surface area contributed by atoms with Gasteiger partial charge in [-0.05, 0) is 13.8 Å². The summed E-state index contributed by atoms with van der Waals surface area (Å²) in [6, 6.07) is 0. The molecule has 0 unspecified atom stereocenters. The Kier molecular flexibility index (Phi) is 5.22. The average molecular weight is 311 g/mol. The lowest BCUT2D eigenvalue weighted by molar-refractivity contribution is -0.385. The van der Waals surface area contributed by atoms with E-state index in [9.17, 15) is 27.7 Å². The van der Waals surface area contributed by atoms with Gasteiger partial charge in [-0.3, -0.25) is 10.1 Å². The summed E-state index contributed by atoms with van der Waals surface area (Å²) in [5.74, 6) is -4.89. The Morgan fingerprint density at radius 2 is 1.95 bits per heavy atom. The minimum atomic E-state index is -4.33. The third-order valence-corrected chi connectivity index (χ3v) is 2.39. The van der Waals surface area contributed by atoms with E-state index in [2.05, 4.69) is 15.3 Å². The lowest BCUT2D eigenvalue weighted by Gasteiger charge is -2.16. The molecule has 0 fully saturated rings. The summed E-state index contributed by atoms with van der Waals surface area (Å²) in [5.41, 5.74) is -0.712. The zero-order chi connectivity index (χ0) is 16.2. The van der Waals surface area contributed by atoms with Gasteiger partial charge in [-0.15, -0.1) is 0 Å². The van der Waals surface area contributed by atoms with Gasteiger partial charge in [-0.2, -0.15) is 13.8 Å². The second-order valence-electron chi connectivity index (χ2n) is 4.03. The van der Waals surface area contributed by atoms with Gasteiger partial charge in [0.05, 0.1) is 11.5 Å². The molecule has 0 aromatic carbocycles. The number of rotatable bonds is 7. The van der Waals surface area contributed by atoms with Gasteiger partial charge < -0.3 is 10.6 Å². The Hall–Kier alpha value is -2.20. The molecule has 2 N–H and O–H groups in total. The molecule has 0 amide bonds. The SMILES string of the molecule is CCNc1nc(C)c([N+](=O)[O-])c(NCC(F)(F)C(F)F)n1. The second-order valence-corrected chi connectivity index (χ2v) is 4.03. The highest BCUT2D eigenvalue weighted by molar-refractivity contribution is 5.60. The van der Waals surface area contributed by atoms with Crippen LogP contribution in [0.25, 0.3) is 0 Å². The Balaban J connectivity index is 3.10. The van der Waals surface area contributed by atoms with E-state index >= 15 is 0 Å². The molecule has 0 saturated carbocycles. The average Bonchev–Trinajstić information content (AvgIpc) is 2.35. The second kappa shape index (κ2) is 6.50. The number of aryl methyl sites for hydroxylation is 1. The summed E-state index contributed by atoms with van der Waals surface area (Å²) in [6.45, 7) is 1.91. The lowest BCUT2D eigenvalue weighted by atomic mass is 10.3. The van der Waals surface area contributed by atoms with Crippen LogP contribution in [0.4, 0.5) is 35.0 Å². The highest BCUT2D eigenvalue weighted by atomic mass is 19.3. The highest BCUT2D eigenvalue weighted by Gasteiger charge is 2.41. The summed E-state index contributed by atoms with van der Waals surface area (Å²) in [7, 11) is 0. The van der Waals surface area contributed by atoms with Crippen molar-refractivity contribution in [1.82, 2.24) is 9.97 Å². The number of anilines is 2. The van der Waals surface area contributed by atoms with Crippen LogP contribution >= 0.6 is 0 Å². The standard InChI is InChI=1S/C10H13F4N5O2/c1-3-15-9-17-5(2)6(19(20)21)7(18-9)16-4-10(13,14)8(11)12/h8H,3-4H2,1-2H3,(H2,15,16,17,18). The van der Waals surface area contributed by atoms with Crippen LogP contribution in [0, 0.1) is 17.0 Å². The van der Waals surface area contributed by atoms with E-state index in [1.165, 1.54) is 6.92 Å². The molecule has 0 aliphatic carbocycles.